The van der Waals surface area contributed by atoms with Crippen molar-refractivity contribution in [1.29, 1.82) is 0 Å². The molecule has 2 aliphatic rings. The Bertz CT molecular complexity index is 1040. The summed E-state index contributed by atoms with van der Waals surface area (Å²) in [6.07, 6.45) is 11.0. The molecular formula is C27H33N3O4. The molecular weight excluding hydrogens is 430 g/mol. The molecule has 4 rings (SSSR count). The summed E-state index contributed by atoms with van der Waals surface area (Å²) in [6.45, 7) is 1.78. The molecule has 0 bridgehead atoms. The Kier molecular flexibility index (Phi) is 7.69. The highest BCUT2D eigenvalue weighted by Gasteiger charge is 2.36. The quantitative estimate of drug-likeness (QED) is 0.618. The van der Waals surface area contributed by atoms with Crippen LogP contribution in [0.3, 0.4) is 0 Å². The molecule has 1 aromatic heterocycles. The summed E-state index contributed by atoms with van der Waals surface area (Å²) >= 11 is 0. The zero-order valence-electron chi connectivity index (χ0n) is 20.0. The number of carbonyl (C=O) groups excluding carboxylic acids is 1. The van der Waals surface area contributed by atoms with Gasteiger partial charge >= 0.3 is 0 Å². The van der Waals surface area contributed by atoms with Crippen LogP contribution in [-0.4, -0.2) is 40.3 Å². The van der Waals surface area contributed by atoms with Gasteiger partial charge in [-0.15, -0.1) is 0 Å². The first-order chi connectivity index (χ1) is 16.5. The highest BCUT2D eigenvalue weighted by molar-refractivity contribution is 5.88. The molecule has 0 aliphatic heterocycles. The number of aliphatic hydroxyl groups excluding tert-OH is 1. The molecule has 7 heteroatoms. The lowest BCUT2D eigenvalue weighted by atomic mass is 9.69. The molecule has 1 aromatic carbocycles. The molecule has 180 valence electrons. The van der Waals surface area contributed by atoms with Crippen LogP contribution >= 0.6 is 0 Å². The molecule has 0 saturated heterocycles. The number of amides is 1. The Morgan fingerprint density at radius 3 is 2.50 bits per heavy atom. The highest BCUT2D eigenvalue weighted by atomic mass is 16.5. The third-order valence-electron chi connectivity index (χ3n) is 6.79. The fourth-order valence-electron chi connectivity index (χ4n) is 4.70. The summed E-state index contributed by atoms with van der Waals surface area (Å²) < 4.78 is 11.9. The number of hydrogen-bond donors (Lipinski definition) is 2. The maximum absolute atomic E-state index is 11.5. The van der Waals surface area contributed by atoms with Crippen LogP contribution in [0.25, 0.3) is 0 Å². The van der Waals surface area contributed by atoms with E-state index in [1.165, 1.54) is 12.8 Å². The molecule has 0 atom stereocenters. The van der Waals surface area contributed by atoms with Crippen molar-refractivity contribution in [2.45, 2.75) is 82.3 Å². The average Bonchev–Trinajstić information content (AvgIpc) is 3.38. The first kappa shape index (κ1) is 24.0. The van der Waals surface area contributed by atoms with Crippen LogP contribution in [-0.2, 0) is 10.2 Å². The second-order valence-corrected chi connectivity index (χ2v) is 9.15. The Balaban J connectivity index is 1.63. The molecule has 34 heavy (non-hydrogen) atoms. The predicted molar refractivity (Wildman–Crippen MR) is 130 cm³/mol. The third-order valence-corrected chi connectivity index (χ3v) is 6.79. The molecule has 2 fully saturated rings. The zero-order chi connectivity index (χ0) is 24.0. The van der Waals surface area contributed by atoms with Crippen LogP contribution in [0.1, 0.15) is 75.8 Å². The minimum atomic E-state index is -0.408. The number of nitrogens with zero attached hydrogens (tertiary/aromatic N) is 2. The van der Waals surface area contributed by atoms with Gasteiger partial charge < -0.3 is 14.6 Å². The largest absolute Gasteiger partial charge is 0.493 e. The van der Waals surface area contributed by atoms with Crippen molar-refractivity contribution in [3.8, 4) is 23.3 Å². The van der Waals surface area contributed by atoms with Gasteiger partial charge in [0, 0.05) is 18.8 Å². The minimum absolute atomic E-state index is 0.131. The fraction of sp³-hybridized carbons (Fsp3) is 0.519. The lowest BCUT2D eigenvalue weighted by Gasteiger charge is -2.35. The summed E-state index contributed by atoms with van der Waals surface area (Å²) in [4.78, 5) is 20.0. The van der Waals surface area contributed by atoms with E-state index in [4.69, 9.17) is 9.47 Å². The second-order valence-electron chi connectivity index (χ2n) is 9.15. The minimum Gasteiger partial charge on any atom is -0.493 e. The first-order valence-corrected chi connectivity index (χ1v) is 12.2. The number of nitrogens with one attached hydrogen (secondary N) is 1. The maximum atomic E-state index is 11.5. The van der Waals surface area contributed by atoms with Crippen LogP contribution in [0.5, 0.6) is 11.5 Å². The number of ether oxygens (including phenoxy) is 2. The molecule has 1 amide bonds. The molecule has 0 radical (unpaired) electrons. The Hall–Kier alpha value is -3.11. The van der Waals surface area contributed by atoms with Crippen molar-refractivity contribution >= 4 is 11.9 Å². The Labute approximate surface area is 201 Å². The molecule has 2 N–H and O–H groups in total. The van der Waals surface area contributed by atoms with Crippen molar-refractivity contribution < 1.29 is 19.4 Å². The number of methoxy groups -OCH3 is 1. The average molecular weight is 464 g/mol. The van der Waals surface area contributed by atoms with Gasteiger partial charge in [0.1, 0.15) is 0 Å². The van der Waals surface area contributed by atoms with E-state index in [-0.39, 0.29) is 24.1 Å². The lowest BCUT2D eigenvalue weighted by molar-refractivity contribution is -0.115. The predicted octanol–water partition coefficient (Wildman–Crippen LogP) is 4.38. The van der Waals surface area contributed by atoms with E-state index in [2.05, 4.69) is 39.3 Å². The van der Waals surface area contributed by atoms with Crippen LogP contribution in [0.4, 0.5) is 5.95 Å². The van der Waals surface area contributed by atoms with Crippen molar-refractivity contribution in [1.82, 2.24) is 9.97 Å². The van der Waals surface area contributed by atoms with E-state index >= 15 is 0 Å². The smallest absolute Gasteiger partial charge is 0.229 e. The van der Waals surface area contributed by atoms with Gasteiger partial charge in [-0.2, -0.15) is 0 Å². The van der Waals surface area contributed by atoms with Crippen molar-refractivity contribution in [3.05, 3.63) is 41.7 Å². The SMILES string of the molecule is CCC(=O)Nc1ncc(C#CC2(c3ccc(OC)c(OC4CCCC4)c3)CCC(O)CC2)cn1. The number of rotatable bonds is 6. The van der Waals surface area contributed by atoms with E-state index in [1.54, 1.807) is 26.4 Å². The van der Waals surface area contributed by atoms with E-state index in [1.807, 2.05) is 6.07 Å². The number of aliphatic hydroxyl groups is 1. The van der Waals surface area contributed by atoms with Gasteiger partial charge in [0.05, 0.1) is 30.3 Å². The summed E-state index contributed by atoms with van der Waals surface area (Å²) in [6, 6.07) is 6.10. The molecule has 1 heterocycles. The Morgan fingerprint density at radius 2 is 1.85 bits per heavy atom. The number of aromatic nitrogens is 2. The first-order valence-electron chi connectivity index (χ1n) is 12.2. The summed E-state index contributed by atoms with van der Waals surface area (Å²) in [5.74, 6) is 8.37. The van der Waals surface area contributed by atoms with Crippen LogP contribution in [0.2, 0.25) is 0 Å². The van der Waals surface area contributed by atoms with E-state index in [9.17, 15) is 9.90 Å². The zero-order valence-corrected chi connectivity index (χ0v) is 20.0. The van der Waals surface area contributed by atoms with Crippen molar-refractivity contribution in [3.63, 3.8) is 0 Å². The maximum Gasteiger partial charge on any atom is 0.229 e. The Morgan fingerprint density at radius 1 is 1.15 bits per heavy atom. The van der Waals surface area contributed by atoms with Crippen molar-refractivity contribution in [2.24, 2.45) is 0 Å². The van der Waals surface area contributed by atoms with Crippen LogP contribution in [0, 0.1) is 11.8 Å². The highest BCUT2D eigenvalue weighted by Crippen LogP contribution is 2.43. The van der Waals surface area contributed by atoms with Gasteiger partial charge in [-0.3, -0.25) is 10.1 Å². The second kappa shape index (κ2) is 10.9. The molecule has 7 nitrogen and oxygen atoms in total. The molecule has 2 saturated carbocycles. The third kappa shape index (κ3) is 5.68. The number of carbonyl (C=O) groups is 1. The van der Waals surface area contributed by atoms with E-state index in [0.29, 0.717) is 24.8 Å². The van der Waals surface area contributed by atoms with Gasteiger partial charge in [0.15, 0.2) is 11.5 Å². The van der Waals surface area contributed by atoms with E-state index in [0.717, 1.165) is 42.7 Å². The molecule has 2 aliphatic carbocycles. The summed E-state index contributed by atoms with van der Waals surface area (Å²) in [7, 11) is 1.66. The van der Waals surface area contributed by atoms with Crippen molar-refractivity contribution in [2.75, 3.05) is 12.4 Å². The summed E-state index contributed by atoms with van der Waals surface area (Å²) in [5, 5.41) is 12.8. The van der Waals surface area contributed by atoms with Gasteiger partial charge in [-0.1, -0.05) is 24.8 Å². The van der Waals surface area contributed by atoms with Gasteiger partial charge in [-0.25, -0.2) is 9.97 Å². The van der Waals surface area contributed by atoms with Crippen LogP contribution < -0.4 is 14.8 Å². The number of hydrogen-bond acceptors (Lipinski definition) is 6. The monoisotopic (exact) mass is 463 g/mol. The van der Waals surface area contributed by atoms with Crippen LogP contribution in [0.15, 0.2) is 30.6 Å². The molecule has 0 unspecified atom stereocenters. The van der Waals surface area contributed by atoms with Gasteiger partial charge in [0.25, 0.3) is 0 Å². The molecule has 2 aromatic rings. The summed E-state index contributed by atoms with van der Waals surface area (Å²) in [5.41, 5.74) is 1.35. The number of anilines is 1. The molecule has 0 spiro atoms. The topological polar surface area (TPSA) is 93.6 Å². The number of benzene rings is 1. The van der Waals surface area contributed by atoms with E-state index < -0.39 is 5.41 Å². The van der Waals surface area contributed by atoms with Gasteiger partial charge in [0.2, 0.25) is 11.9 Å². The standard InChI is InChI=1S/C27H33N3O4/c1-3-25(32)30-26-28-17-19(18-29-26)10-13-27(14-11-21(31)12-15-27)20-8-9-23(33-2)24(16-20)34-22-6-4-5-7-22/h8-9,16-18,21-22,31H,3-7,11-12,14-15H2,1-2H3,(H,28,29,30,32). The lowest BCUT2D eigenvalue weighted by Crippen LogP contribution is -2.32. The fourth-order valence-corrected chi connectivity index (χ4v) is 4.70. The normalized spacial score (nSPS) is 22.5. The van der Waals surface area contributed by atoms with Gasteiger partial charge in [-0.05, 0) is 69.1 Å².